The van der Waals surface area contributed by atoms with E-state index in [4.69, 9.17) is 18.6 Å². The molecule has 1 N–H and O–H groups in total. The minimum atomic E-state index is -0.722. The van der Waals surface area contributed by atoms with Crippen LogP contribution in [0.25, 0.3) is 10.8 Å². The van der Waals surface area contributed by atoms with Gasteiger partial charge in [-0.05, 0) is 59.1 Å². The Morgan fingerprint density at radius 2 is 1.86 bits per heavy atom. The summed E-state index contributed by atoms with van der Waals surface area (Å²) in [5.74, 6) is 0.454. The first-order chi connectivity index (χ1) is 17.2. The van der Waals surface area contributed by atoms with Crippen LogP contribution >= 0.6 is 12.4 Å². The number of benzene rings is 3. The molecule has 1 aliphatic rings. The van der Waals surface area contributed by atoms with Crippen molar-refractivity contribution in [1.82, 2.24) is 5.32 Å². The Morgan fingerprint density at radius 1 is 1.06 bits per heavy atom. The molecule has 4 aromatic rings. The van der Waals surface area contributed by atoms with Gasteiger partial charge in [0.1, 0.15) is 12.0 Å². The lowest BCUT2D eigenvalue weighted by Crippen LogP contribution is -2.40. The molecular formula is C29H30ClNO5. The zero-order valence-corrected chi connectivity index (χ0v) is 20.9. The maximum absolute atomic E-state index is 12.0. The lowest BCUT2D eigenvalue weighted by molar-refractivity contribution is -0.0372. The van der Waals surface area contributed by atoms with Crippen molar-refractivity contribution >= 4 is 29.1 Å². The average molecular weight is 508 g/mol. The number of furan rings is 1. The molecule has 1 fully saturated rings. The second-order valence-corrected chi connectivity index (χ2v) is 8.80. The fraction of sp³-hybridized carbons (Fsp3) is 0.276. The van der Waals surface area contributed by atoms with Crippen LogP contribution in [0.1, 0.15) is 40.7 Å². The lowest BCUT2D eigenvalue weighted by atomic mass is 9.87. The summed E-state index contributed by atoms with van der Waals surface area (Å²) < 4.78 is 22.4. The molecule has 3 atom stereocenters. The van der Waals surface area contributed by atoms with Crippen molar-refractivity contribution in [2.24, 2.45) is 0 Å². The van der Waals surface area contributed by atoms with Crippen LogP contribution in [0.4, 0.5) is 0 Å². The molecule has 3 aromatic carbocycles. The number of carbonyl (C=O) groups is 1. The van der Waals surface area contributed by atoms with Gasteiger partial charge in [0.2, 0.25) is 6.29 Å². The summed E-state index contributed by atoms with van der Waals surface area (Å²) in [4.78, 5) is 12.0. The molecule has 1 aromatic heterocycles. The van der Waals surface area contributed by atoms with Crippen LogP contribution in [-0.4, -0.2) is 31.5 Å². The number of nitrogens with one attached hydrogen (secondary N) is 1. The van der Waals surface area contributed by atoms with E-state index in [0.717, 1.165) is 19.5 Å². The second kappa shape index (κ2) is 12.1. The number of esters is 1. The van der Waals surface area contributed by atoms with Crippen LogP contribution in [0, 0.1) is 0 Å². The molecule has 188 valence electrons. The molecule has 5 rings (SSSR count). The maximum Gasteiger partial charge on any atom is 0.344 e. The molecule has 0 spiro atoms. The molecule has 0 radical (unpaired) electrons. The van der Waals surface area contributed by atoms with Crippen LogP contribution in [0.5, 0.6) is 5.75 Å². The van der Waals surface area contributed by atoms with Crippen LogP contribution in [0.3, 0.4) is 0 Å². The summed E-state index contributed by atoms with van der Waals surface area (Å²) in [5, 5.41) is 5.93. The first-order valence-corrected chi connectivity index (χ1v) is 12.0. The van der Waals surface area contributed by atoms with E-state index >= 15 is 0 Å². The molecule has 7 heteroatoms. The quantitative estimate of drug-likeness (QED) is 0.229. The number of hydrogen-bond acceptors (Lipinski definition) is 6. The van der Waals surface area contributed by atoms with Gasteiger partial charge in [-0.1, -0.05) is 48.5 Å². The van der Waals surface area contributed by atoms with Gasteiger partial charge >= 0.3 is 5.97 Å². The molecule has 0 amide bonds. The van der Waals surface area contributed by atoms with Crippen molar-refractivity contribution in [1.29, 1.82) is 0 Å². The smallest absolute Gasteiger partial charge is 0.344 e. The Kier molecular flexibility index (Phi) is 8.65. The first kappa shape index (κ1) is 25.8. The SMILES string of the molecule is CC(OC(=O)c1ccoc1)Oc1ccc(C2CCNCC2OCc2ccc3ccccc3c2)cc1.Cl. The summed E-state index contributed by atoms with van der Waals surface area (Å²) in [7, 11) is 0. The van der Waals surface area contributed by atoms with Crippen LogP contribution in [0.2, 0.25) is 0 Å². The van der Waals surface area contributed by atoms with E-state index in [0.29, 0.717) is 23.8 Å². The highest BCUT2D eigenvalue weighted by atomic mass is 35.5. The summed E-state index contributed by atoms with van der Waals surface area (Å²) in [6, 6.07) is 24.4. The molecule has 2 heterocycles. The summed E-state index contributed by atoms with van der Waals surface area (Å²) in [6.07, 6.45) is 3.14. The number of carbonyl (C=O) groups excluding carboxylic acids is 1. The van der Waals surface area contributed by atoms with Gasteiger partial charge < -0.3 is 23.9 Å². The molecular weight excluding hydrogens is 478 g/mol. The summed E-state index contributed by atoms with van der Waals surface area (Å²) in [6.45, 7) is 4.04. The molecule has 1 aliphatic heterocycles. The number of rotatable bonds is 8. The molecule has 1 saturated heterocycles. The van der Waals surface area contributed by atoms with E-state index < -0.39 is 12.3 Å². The van der Waals surface area contributed by atoms with Gasteiger partial charge in [-0.25, -0.2) is 4.79 Å². The molecule has 36 heavy (non-hydrogen) atoms. The average Bonchev–Trinajstić information content (AvgIpc) is 3.43. The van der Waals surface area contributed by atoms with Gasteiger partial charge in [-0.2, -0.15) is 0 Å². The number of piperidine rings is 1. The number of hydrogen-bond donors (Lipinski definition) is 1. The zero-order valence-electron chi connectivity index (χ0n) is 20.1. The van der Waals surface area contributed by atoms with E-state index in [1.807, 2.05) is 12.1 Å². The molecule has 0 saturated carbocycles. The Labute approximate surface area is 217 Å². The number of halogens is 1. The normalized spacial score (nSPS) is 18.2. The first-order valence-electron chi connectivity index (χ1n) is 12.0. The predicted molar refractivity (Wildman–Crippen MR) is 141 cm³/mol. The summed E-state index contributed by atoms with van der Waals surface area (Å²) >= 11 is 0. The van der Waals surface area contributed by atoms with E-state index in [-0.39, 0.29) is 18.5 Å². The van der Waals surface area contributed by atoms with Gasteiger partial charge in [-0.15, -0.1) is 12.4 Å². The lowest BCUT2D eigenvalue weighted by Gasteiger charge is -2.32. The van der Waals surface area contributed by atoms with Crippen molar-refractivity contribution in [2.75, 3.05) is 13.1 Å². The Bertz CT molecular complexity index is 1260. The van der Waals surface area contributed by atoms with Gasteiger partial charge in [0.05, 0.1) is 24.5 Å². The highest BCUT2D eigenvalue weighted by molar-refractivity contribution is 5.88. The van der Waals surface area contributed by atoms with Crippen molar-refractivity contribution in [3.8, 4) is 5.75 Å². The van der Waals surface area contributed by atoms with E-state index in [9.17, 15) is 4.79 Å². The van der Waals surface area contributed by atoms with Crippen molar-refractivity contribution in [3.63, 3.8) is 0 Å². The Morgan fingerprint density at radius 3 is 2.64 bits per heavy atom. The van der Waals surface area contributed by atoms with E-state index in [2.05, 4.69) is 59.9 Å². The molecule has 0 aliphatic carbocycles. The monoisotopic (exact) mass is 507 g/mol. The van der Waals surface area contributed by atoms with E-state index in [1.54, 1.807) is 13.0 Å². The van der Waals surface area contributed by atoms with E-state index in [1.165, 1.54) is 34.4 Å². The van der Waals surface area contributed by atoms with Crippen molar-refractivity contribution in [2.45, 2.75) is 38.3 Å². The largest absolute Gasteiger partial charge is 0.472 e. The van der Waals surface area contributed by atoms with Crippen LogP contribution in [0.15, 0.2) is 89.7 Å². The fourth-order valence-electron chi connectivity index (χ4n) is 4.53. The molecule has 3 unspecified atom stereocenters. The van der Waals surface area contributed by atoms with Crippen LogP contribution < -0.4 is 10.1 Å². The Hall–Kier alpha value is -3.32. The van der Waals surface area contributed by atoms with Gasteiger partial charge in [0.25, 0.3) is 0 Å². The zero-order chi connectivity index (χ0) is 24.0. The van der Waals surface area contributed by atoms with Crippen molar-refractivity contribution < 1.29 is 23.4 Å². The summed E-state index contributed by atoms with van der Waals surface area (Å²) in [5.41, 5.74) is 2.75. The number of ether oxygens (including phenoxy) is 3. The minimum Gasteiger partial charge on any atom is -0.472 e. The van der Waals surface area contributed by atoms with Crippen LogP contribution in [-0.2, 0) is 16.1 Å². The van der Waals surface area contributed by atoms with Gasteiger partial charge in [-0.3, -0.25) is 0 Å². The standard InChI is InChI=1S/C29H29NO5.ClH/c1-20(35-29(31)25-13-15-32-19-25)34-26-10-8-23(9-11-26)27-12-14-30-17-28(27)33-18-21-6-7-22-4-2-3-5-24(22)16-21;/h2-11,13,15-16,19-20,27-28,30H,12,14,17-18H2,1H3;1H. The third kappa shape index (κ3) is 6.26. The predicted octanol–water partition coefficient (Wildman–Crippen LogP) is 6.10. The Balaban J connectivity index is 0.00000304. The maximum atomic E-state index is 12.0. The highest BCUT2D eigenvalue weighted by Crippen LogP contribution is 2.30. The highest BCUT2D eigenvalue weighted by Gasteiger charge is 2.27. The third-order valence-electron chi connectivity index (χ3n) is 6.34. The molecule has 6 nitrogen and oxygen atoms in total. The van der Waals surface area contributed by atoms with Gasteiger partial charge in [0, 0.05) is 19.4 Å². The molecule has 0 bridgehead atoms. The number of fused-ring (bicyclic) bond motifs is 1. The topological polar surface area (TPSA) is 69.9 Å². The second-order valence-electron chi connectivity index (χ2n) is 8.80. The van der Waals surface area contributed by atoms with Crippen molar-refractivity contribution in [3.05, 3.63) is 102 Å². The minimum absolute atomic E-state index is 0. The van der Waals surface area contributed by atoms with Gasteiger partial charge in [0.15, 0.2) is 0 Å². The fourth-order valence-corrected chi connectivity index (χ4v) is 4.53. The third-order valence-corrected chi connectivity index (χ3v) is 6.34.